The van der Waals surface area contributed by atoms with E-state index in [-0.39, 0.29) is 16.9 Å². The zero-order valence-electron chi connectivity index (χ0n) is 18.9. The molecule has 1 aromatic heterocycles. The molecule has 0 spiro atoms. The molecular weight excluding hydrogens is 477 g/mol. The predicted molar refractivity (Wildman–Crippen MR) is 129 cm³/mol. The van der Waals surface area contributed by atoms with Crippen molar-refractivity contribution < 1.29 is 22.7 Å². The van der Waals surface area contributed by atoms with E-state index in [9.17, 15) is 22.8 Å². The number of halogens is 3. The second-order valence-electron chi connectivity index (χ2n) is 7.89. The molecule has 35 heavy (non-hydrogen) atoms. The highest BCUT2D eigenvalue weighted by atomic mass is 32.2. The minimum atomic E-state index is -4.45. The van der Waals surface area contributed by atoms with Crippen molar-refractivity contribution in [1.82, 2.24) is 9.55 Å². The maximum atomic E-state index is 12.9. The molecule has 0 bridgehead atoms. The number of benzene rings is 3. The van der Waals surface area contributed by atoms with Gasteiger partial charge in [-0.15, -0.1) is 0 Å². The molecule has 0 radical (unpaired) electrons. The smallest absolute Gasteiger partial charge is 0.380 e. The molecule has 9 heteroatoms. The molecule has 0 unspecified atom stereocenters. The standard InChI is InChI=1S/C26H21F3N2O3S/c1-31-24(33)22-19(14-34-2)4-3-5-21(22)30-25(31)35-15-16-6-8-17(9-7-16)23(32)18-10-12-20(13-11-18)26(27,28)29/h3-13H,14-15H2,1-2H3. The Hall–Kier alpha value is -3.43. The molecule has 0 fully saturated rings. The van der Waals surface area contributed by atoms with Crippen molar-refractivity contribution in [3.05, 3.63) is 105 Å². The minimum absolute atomic E-state index is 0.150. The van der Waals surface area contributed by atoms with Gasteiger partial charge in [0.05, 0.1) is 23.1 Å². The van der Waals surface area contributed by atoms with E-state index in [2.05, 4.69) is 4.98 Å². The number of rotatable bonds is 7. The Morgan fingerprint density at radius 1 is 1.00 bits per heavy atom. The van der Waals surface area contributed by atoms with Crippen molar-refractivity contribution in [2.45, 2.75) is 23.7 Å². The summed E-state index contributed by atoms with van der Waals surface area (Å²) < 4.78 is 44.9. The summed E-state index contributed by atoms with van der Waals surface area (Å²) in [6.45, 7) is 0.318. The van der Waals surface area contributed by atoms with E-state index in [0.29, 0.717) is 34.0 Å². The first-order valence-corrected chi connectivity index (χ1v) is 11.6. The van der Waals surface area contributed by atoms with Crippen LogP contribution in [0.2, 0.25) is 0 Å². The fraction of sp³-hybridized carbons (Fsp3) is 0.192. The third kappa shape index (κ3) is 5.31. The lowest BCUT2D eigenvalue weighted by Crippen LogP contribution is -2.21. The zero-order valence-corrected chi connectivity index (χ0v) is 19.7. The molecule has 4 aromatic rings. The second-order valence-corrected chi connectivity index (χ2v) is 8.84. The minimum Gasteiger partial charge on any atom is -0.380 e. The SMILES string of the molecule is COCc1cccc2nc(SCc3ccc(C(=O)c4ccc(C(F)(F)F)cc4)cc3)n(C)c(=O)c12. The summed E-state index contributed by atoms with van der Waals surface area (Å²) in [4.78, 5) is 30.2. The first-order valence-electron chi connectivity index (χ1n) is 10.6. The Morgan fingerprint density at radius 2 is 1.63 bits per heavy atom. The molecule has 0 saturated heterocycles. The Labute approximate surface area is 203 Å². The van der Waals surface area contributed by atoms with Gasteiger partial charge in [0.15, 0.2) is 10.9 Å². The Balaban J connectivity index is 1.49. The summed E-state index contributed by atoms with van der Waals surface area (Å²) in [5.74, 6) is 0.154. The van der Waals surface area contributed by atoms with Crippen LogP contribution in [0.5, 0.6) is 0 Å². The van der Waals surface area contributed by atoms with Gasteiger partial charge >= 0.3 is 6.18 Å². The molecule has 4 rings (SSSR count). The molecule has 1 heterocycles. The quantitative estimate of drug-likeness (QED) is 0.188. The van der Waals surface area contributed by atoms with Crippen molar-refractivity contribution in [2.24, 2.45) is 7.05 Å². The summed E-state index contributed by atoms with van der Waals surface area (Å²) in [5, 5.41) is 1.09. The monoisotopic (exact) mass is 498 g/mol. The lowest BCUT2D eigenvalue weighted by molar-refractivity contribution is -0.137. The van der Waals surface area contributed by atoms with Crippen LogP contribution >= 0.6 is 11.8 Å². The van der Waals surface area contributed by atoms with E-state index in [1.807, 2.05) is 12.1 Å². The van der Waals surface area contributed by atoms with E-state index in [1.165, 1.54) is 28.5 Å². The highest BCUT2D eigenvalue weighted by molar-refractivity contribution is 7.98. The van der Waals surface area contributed by atoms with Crippen LogP contribution in [-0.4, -0.2) is 22.4 Å². The van der Waals surface area contributed by atoms with Crippen molar-refractivity contribution in [3.63, 3.8) is 0 Å². The number of fused-ring (bicyclic) bond motifs is 1. The van der Waals surface area contributed by atoms with E-state index in [4.69, 9.17) is 4.74 Å². The summed E-state index contributed by atoms with van der Waals surface area (Å²) in [5.41, 5.74) is 1.89. The number of alkyl halides is 3. The first kappa shape index (κ1) is 24.7. The van der Waals surface area contributed by atoms with Crippen LogP contribution in [0, 0.1) is 0 Å². The average Bonchev–Trinajstić information content (AvgIpc) is 2.85. The molecule has 0 saturated carbocycles. The molecule has 5 nitrogen and oxygen atoms in total. The van der Waals surface area contributed by atoms with Crippen LogP contribution in [0.25, 0.3) is 10.9 Å². The highest BCUT2D eigenvalue weighted by Crippen LogP contribution is 2.29. The first-order chi connectivity index (χ1) is 16.7. The molecule has 0 aliphatic carbocycles. The number of carbonyl (C=O) groups is 1. The van der Waals surface area contributed by atoms with E-state index in [1.54, 1.807) is 44.5 Å². The van der Waals surface area contributed by atoms with Gasteiger partial charge in [0.1, 0.15) is 0 Å². The van der Waals surface area contributed by atoms with Gasteiger partial charge in [0, 0.05) is 31.0 Å². The van der Waals surface area contributed by atoms with Crippen LogP contribution in [0.15, 0.2) is 76.7 Å². The molecule has 0 amide bonds. The van der Waals surface area contributed by atoms with Gasteiger partial charge < -0.3 is 4.74 Å². The van der Waals surface area contributed by atoms with Crippen molar-refractivity contribution in [2.75, 3.05) is 7.11 Å². The number of ether oxygens (including phenoxy) is 1. The van der Waals surface area contributed by atoms with Crippen LogP contribution in [-0.2, 0) is 30.3 Å². The third-order valence-corrected chi connectivity index (χ3v) is 6.61. The largest absolute Gasteiger partial charge is 0.416 e. The van der Waals surface area contributed by atoms with Gasteiger partial charge in [-0.25, -0.2) is 4.98 Å². The molecule has 180 valence electrons. The predicted octanol–water partition coefficient (Wildman–Crippen LogP) is 5.62. The van der Waals surface area contributed by atoms with Crippen molar-refractivity contribution >= 4 is 28.4 Å². The lowest BCUT2D eigenvalue weighted by Gasteiger charge is -2.11. The van der Waals surface area contributed by atoms with E-state index in [0.717, 1.165) is 23.3 Å². The average molecular weight is 499 g/mol. The summed E-state index contributed by atoms with van der Waals surface area (Å²) in [6.07, 6.45) is -4.45. The maximum absolute atomic E-state index is 12.9. The summed E-state index contributed by atoms with van der Waals surface area (Å²) in [7, 11) is 3.25. The molecule has 0 N–H and O–H groups in total. The molecule has 0 aliphatic rings. The number of ketones is 1. The number of nitrogens with zero attached hydrogens (tertiary/aromatic N) is 2. The highest BCUT2D eigenvalue weighted by Gasteiger charge is 2.30. The normalized spacial score (nSPS) is 11.7. The Kier molecular flexibility index (Phi) is 7.09. The number of hydrogen-bond acceptors (Lipinski definition) is 5. The van der Waals surface area contributed by atoms with E-state index < -0.39 is 11.7 Å². The van der Waals surface area contributed by atoms with Gasteiger partial charge in [0.2, 0.25) is 0 Å². The zero-order chi connectivity index (χ0) is 25.2. The van der Waals surface area contributed by atoms with Gasteiger partial charge in [-0.2, -0.15) is 13.2 Å². The van der Waals surface area contributed by atoms with Gasteiger partial charge in [-0.1, -0.05) is 60.3 Å². The van der Waals surface area contributed by atoms with E-state index >= 15 is 0 Å². The second kappa shape index (κ2) is 10.1. The summed E-state index contributed by atoms with van der Waals surface area (Å²) in [6, 6.07) is 16.5. The number of carbonyl (C=O) groups excluding carboxylic acids is 1. The van der Waals surface area contributed by atoms with Crippen LogP contribution in [0.1, 0.15) is 32.6 Å². The molecular formula is C26H21F3N2O3S. The van der Waals surface area contributed by atoms with Crippen LogP contribution in [0.3, 0.4) is 0 Å². The lowest BCUT2D eigenvalue weighted by atomic mass is 10.0. The number of hydrogen-bond donors (Lipinski definition) is 0. The van der Waals surface area contributed by atoms with Crippen LogP contribution < -0.4 is 5.56 Å². The van der Waals surface area contributed by atoms with Gasteiger partial charge in [-0.05, 0) is 29.3 Å². The molecule has 3 aromatic carbocycles. The number of aromatic nitrogens is 2. The summed E-state index contributed by atoms with van der Waals surface area (Å²) >= 11 is 1.39. The third-order valence-electron chi connectivity index (χ3n) is 5.51. The molecule has 0 aliphatic heterocycles. The van der Waals surface area contributed by atoms with Gasteiger partial charge in [0.25, 0.3) is 5.56 Å². The topological polar surface area (TPSA) is 61.2 Å². The molecule has 0 atom stereocenters. The maximum Gasteiger partial charge on any atom is 0.416 e. The van der Waals surface area contributed by atoms with Crippen LogP contribution in [0.4, 0.5) is 13.2 Å². The number of thioether (sulfide) groups is 1. The fourth-order valence-corrected chi connectivity index (χ4v) is 4.57. The Morgan fingerprint density at radius 3 is 2.23 bits per heavy atom. The fourth-order valence-electron chi connectivity index (χ4n) is 3.64. The van der Waals surface area contributed by atoms with Gasteiger partial charge in [-0.3, -0.25) is 14.2 Å². The number of methoxy groups -OCH3 is 1. The van der Waals surface area contributed by atoms with Crippen molar-refractivity contribution in [3.8, 4) is 0 Å². The van der Waals surface area contributed by atoms with Crippen molar-refractivity contribution in [1.29, 1.82) is 0 Å². The Bertz CT molecular complexity index is 1430.